The average molecular weight is 353 g/mol. The SMILES string of the molecule is CC12CCC(c3ccccc3)N1BOC2(c1ccccc1)c1ccccc1. The van der Waals surface area contributed by atoms with Crippen LogP contribution in [0.3, 0.4) is 0 Å². The van der Waals surface area contributed by atoms with E-state index in [4.69, 9.17) is 4.65 Å². The molecule has 0 radical (unpaired) electrons. The maximum atomic E-state index is 6.76. The lowest BCUT2D eigenvalue weighted by molar-refractivity contribution is 0.0437. The highest BCUT2D eigenvalue weighted by Crippen LogP contribution is 2.58. The summed E-state index contributed by atoms with van der Waals surface area (Å²) in [6, 6.07) is 32.8. The Balaban J connectivity index is 1.66. The molecule has 3 heteroatoms. The van der Waals surface area contributed by atoms with Gasteiger partial charge in [-0.25, -0.2) is 0 Å². The minimum absolute atomic E-state index is 0.0871. The molecule has 0 aromatic heterocycles. The van der Waals surface area contributed by atoms with Crippen molar-refractivity contribution in [1.29, 1.82) is 0 Å². The number of hydrogen-bond acceptors (Lipinski definition) is 2. The number of rotatable bonds is 3. The molecule has 2 atom stereocenters. The number of benzene rings is 3. The maximum Gasteiger partial charge on any atom is 0.365 e. The Morgan fingerprint density at radius 3 is 1.89 bits per heavy atom. The summed E-state index contributed by atoms with van der Waals surface area (Å²) in [5.74, 6) is 0. The summed E-state index contributed by atoms with van der Waals surface area (Å²) < 4.78 is 6.76. The van der Waals surface area contributed by atoms with Gasteiger partial charge in [-0.3, -0.25) is 0 Å². The van der Waals surface area contributed by atoms with Gasteiger partial charge in [-0.1, -0.05) is 91.0 Å². The predicted octanol–water partition coefficient (Wildman–Crippen LogP) is 4.82. The van der Waals surface area contributed by atoms with Crippen LogP contribution in [-0.4, -0.2) is 18.0 Å². The van der Waals surface area contributed by atoms with Crippen LogP contribution in [0.4, 0.5) is 0 Å². The maximum absolute atomic E-state index is 6.76. The molecule has 2 saturated heterocycles. The molecule has 3 aromatic carbocycles. The second-order valence-electron chi connectivity index (χ2n) is 7.90. The van der Waals surface area contributed by atoms with Crippen molar-refractivity contribution in [3.8, 4) is 0 Å². The van der Waals surface area contributed by atoms with Crippen LogP contribution < -0.4 is 0 Å². The molecule has 2 unspecified atom stereocenters. The zero-order chi connectivity index (χ0) is 18.3. The first-order chi connectivity index (χ1) is 13.3. The fourth-order valence-electron chi connectivity index (χ4n) is 5.32. The van der Waals surface area contributed by atoms with E-state index < -0.39 is 5.60 Å². The molecular weight excluding hydrogens is 329 g/mol. The molecule has 0 N–H and O–H groups in total. The van der Waals surface area contributed by atoms with E-state index in [0.717, 1.165) is 12.8 Å². The van der Waals surface area contributed by atoms with Crippen molar-refractivity contribution < 1.29 is 4.65 Å². The predicted molar refractivity (Wildman–Crippen MR) is 111 cm³/mol. The summed E-state index contributed by atoms with van der Waals surface area (Å²) in [6.07, 6.45) is 2.27. The highest BCUT2D eigenvalue weighted by atomic mass is 16.5. The number of fused-ring (bicyclic) bond motifs is 1. The first kappa shape index (κ1) is 16.8. The van der Waals surface area contributed by atoms with E-state index in [0.29, 0.717) is 13.7 Å². The largest absolute Gasteiger partial charge is 0.409 e. The van der Waals surface area contributed by atoms with E-state index in [9.17, 15) is 0 Å². The number of nitrogens with zero attached hydrogens (tertiary/aromatic N) is 1. The van der Waals surface area contributed by atoms with Crippen LogP contribution in [0.1, 0.15) is 42.5 Å². The molecule has 27 heavy (non-hydrogen) atoms. The van der Waals surface area contributed by atoms with Crippen molar-refractivity contribution >= 4 is 7.62 Å². The first-order valence-electron chi connectivity index (χ1n) is 9.82. The highest BCUT2D eigenvalue weighted by molar-refractivity contribution is 6.26. The molecule has 0 amide bonds. The average Bonchev–Trinajstić information content (AvgIpc) is 3.23. The molecule has 0 spiro atoms. The summed E-state index contributed by atoms with van der Waals surface area (Å²) in [4.78, 5) is 2.59. The summed E-state index contributed by atoms with van der Waals surface area (Å²) in [6.45, 7) is 2.39. The van der Waals surface area contributed by atoms with Crippen LogP contribution >= 0.6 is 0 Å². The Bertz CT molecular complexity index is 875. The van der Waals surface area contributed by atoms with Gasteiger partial charge in [0.05, 0.1) is 0 Å². The Kier molecular flexibility index (Phi) is 3.96. The second-order valence-corrected chi connectivity index (χ2v) is 7.90. The van der Waals surface area contributed by atoms with Crippen LogP contribution in [0, 0.1) is 0 Å². The Hall–Kier alpha value is -2.36. The third-order valence-electron chi connectivity index (χ3n) is 6.64. The van der Waals surface area contributed by atoms with Crippen LogP contribution in [0.15, 0.2) is 91.0 Å². The highest BCUT2D eigenvalue weighted by Gasteiger charge is 2.63. The van der Waals surface area contributed by atoms with Gasteiger partial charge in [-0.2, -0.15) is 0 Å². The number of hydrogen-bond donors (Lipinski definition) is 0. The van der Waals surface area contributed by atoms with Gasteiger partial charge in [0.15, 0.2) is 0 Å². The van der Waals surface area contributed by atoms with Crippen molar-refractivity contribution in [1.82, 2.24) is 4.81 Å². The molecular formula is C24H24BNO. The van der Waals surface area contributed by atoms with E-state index in [-0.39, 0.29) is 5.54 Å². The molecule has 2 heterocycles. The van der Waals surface area contributed by atoms with Crippen molar-refractivity contribution in [2.24, 2.45) is 0 Å². The minimum atomic E-state index is -0.445. The second kappa shape index (κ2) is 6.37. The molecule has 3 aromatic rings. The van der Waals surface area contributed by atoms with Gasteiger partial charge >= 0.3 is 7.62 Å². The molecule has 2 aliphatic rings. The van der Waals surface area contributed by atoms with Crippen molar-refractivity contribution in [3.63, 3.8) is 0 Å². The zero-order valence-corrected chi connectivity index (χ0v) is 15.7. The van der Waals surface area contributed by atoms with E-state index in [1.54, 1.807) is 0 Å². The van der Waals surface area contributed by atoms with Gasteiger partial charge in [-0.15, -0.1) is 0 Å². The van der Waals surface area contributed by atoms with E-state index in [1.165, 1.54) is 16.7 Å². The van der Waals surface area contributed by atoms with Crippen molar-refractivity contribution in [3.05, 3.63) is 108 Å². The summed E-state index contributed by atoms with van der Waals surface area (Å²) >= 11 is 0. The lowest BCUT2D eigenvalue weighted by Crippen LogP contribution is -2.52. The lowest BCUT2D eigenvalue weighted by Gasteiger charge is -2.45. The molecule has 2 aliphatic heterocycles. The zero-order valence-electron chi connectivity index (χ0n) is 15.7. The standard InChI is InChI=1S/C24H24BNO/c1-23-18-17-22(19-11-5-2-6-12-19)26(23)25-27-24(23,20-13-7-3-8-14-20)21-15-9-4-10-16-21/h2-16,22,25H,17-18H2,1H3. The molecule has 0 aliphatic carbocycles. The molecule has 2 nitrogen and oxygen atoms in total. The molecule has 134 valence electrons. The van der Waals surface area contributed by atoms with E-state index in [2.05, 4.69) is 103 Å². The van der Waals surface area contributed by atoms with Gasteiger partial charge in [0.1, 0.15) is 5.60 Å². The normalized spacial score (nSPS) is 26.5. The van der Waals surface area contributed by atoms with Crippen LogP contribution in [0.5, 0.6) is 0 Å². The smallest absolute Gasteiger partial charge is 0.365 e. The fraction of sp³-hybridized carbons (Fsp3) is 0.250. The van der Waals surface area contributed by atoms with Crippen molar-refractivity contribution in [2.45, 2.75) is 36.9 Å². The molecule has 2 fully saturated rings. The summed E-state index contributed by atoms with van der Waals surface area (Å²) in [7, 11) is 0.653. The third-order valence-corrected chi connectivity index (χ3v) is 6.64. The van der Waals surface area contributed by atoms with Crippen LogP contribution in [0.2, 0.25) is 0 Å². The Labute approximate surface area is 162 Å². The van der Waals surface area contributed by atoms with E-state index in [1.807, 2.05) is 0 Å². The molecule has 5 rings (SSSR count). The van der Waals surface area contributed by atoms with Crippen molar-refractivity contribution in [2.75, 3.05) is 0 Å². The van der Waals surface area contributed by atoms with Crippen LogP contribution in [-0.2, 0) is 10.3 Å². The summed E-state index contributed by atoms with van der Waals surface area (Å²) in [5.41, 5.74) is 3.35. The Morgan fingerprint density at radius 2 is 1.33 bits per heavy atom. The van der Waals surface area contributed by atoms with Gasteiger partial charge in [0, 0.05) is 11.6 Å². The lowest BCUT2D eigenvalue weighted by atomic mass is 9.71. The molecule has 0 saturated carbocycles. The van der Waals surface area contributed by atoms with Crippen LogP contribution in [0.25, 0.3) is 0 Å². The van der Waals surface area contributed by atoms with Gasteiger partial charge in [0.25, 0.3) is 0 Å². The quantitative estimate of drug-likeness (QED) is 0.626. The van der Waals surface area contributed by atoms with E-state index >= 15 is 0 Å². The summed E-state index contributed by atoms with van der Waals surface area (Å²) in [5, 5.41) is 0. The minimum Gasteiger partial charge on any atom is -0.409 e. The third kappa shape index (κ3) is 2.35. The van der Waals surface area contributed by atoms with Gasteiger partial charge in [0.2, 0.25) is 0 Å². The van der Waals surface area contributed by atoms with Gasteiger partial charge in [-0.05, 0) is 36.5 Å². The van der Waals surface area contributed by atoms with Gasteiger partial charge < -0.3 is 9.47 Å². The Morgan fingerprint density at radius 1 is 0.815 bits per heavy atom. The molecule has 0 bridgehead atoms. The fourth-order valence-corrected chi connectivity index (χ4v) is 5.32. The monoisotopic (exact) mass is 353 g/mol. The first-order valence-corrected chi connectivity index (χ1v) is 9.82. The topological polar surface area (TPSA) is 12.5 Å².